The third-order valence-electron chi connectivity index (χ3n) is 2.31. The van der Waals surface area contributed by atoms with Gasteiger partial charge in [0.05, 0.1) is 13.0 Å². The molecule has 3 nitrogen and oxygen atoms in total. The quantitative estimate of drug-likeness (QED) is 0.860. The summed E-state index contributed by atoms with van der Waals surface area (Å²) in [6, 6.07) is 5.30. The van der Waals surface area contributed by atoms with Crippen LogP contribution in [0.4, 0.5) is 0 Å². The number of halogens is 1. The topological polar surface area (TPSA) is 38.3 Å². The molecule has 0 heterocycles. The van der Waals surface area contributed by atoms with E-state index in [2.05, 4.69) is 5.32 Å². The Hall–Kier alpha value is -1.22. The zero-order chi connectivity index (χ0) is 11.4. The molecule has 1 unspecified atom stereocenters. The molecule has 0 radical (unpaired) electrons. The van der Waals surface area contributed by atoms with Crippen LogP contribution in [-0.2, 0) is 4.79 Å². The minimum Gasteiger partial charge on any atom is -0.497 e. The number of carbonyl (C=O) groups is 1. The van der Waals surface area contributed by atoms with Crippen LogP contribution in [-0.4, -0.2) is 20.1 Å². The van der Waals surface area contributed by atoms with Crippen molar-refractivity contribution in [3.8, 4) is 5.75 Å². The number of carbonyl (C=O) groups excluding carboxylic acids is 1. The van der Waals surface area contributed by atoms with E-state index in [9.17, 15) is 4.79 Å². The Labute approximate surface area is 94.4 Å². The predicted octanol–water partition coefficient (Wildman–Crippen LogP) is 2.20. The lowest BCUT2D eigenvalue weighted by Crippen LogP contribution is -2.23. The van der Waals surface area contributed by atoms with Crippen LogP contribution in [0.25, 0.3) is 0 Å². The number of ether oxygens (including phenoxy) is 1. The molecule has 1 N–H and O–H groups in total. The van der Waals surface area contributed by atoms with Crippen LogP contribution in [0.3, 0.4) is 0 Å². The van der Waals surface area contributed by atoms with Crippen LogP contribution in [0.5, 0.6) is 5.75 Å². The van der Waals surface area contributed by atoms with Gasteiger partial charge in [-0.2, -0.15) is 0 Å². The molecule has 1 aromatic rings. The molecular weight excluding hydrogens is 214 g/mol. The van der Waals surface area contributed by atoms with Crippen molar-refractivity contribution in [1.82, 2.24) is 5.32 Å². The Kier molecular flexibility index (Phi) is 3.97. The molecule has 1 amide bonds. The summed E-state index contributed by atoms with van der Waals surface area (Å²) in [7, 11) is 3.18. The Bertz CT molecular complexity index is 366. The molecule has 82 valence electrons. The molecule has 0 aromatic heterocycles. The average Bonchev–Trinajstić information content (AvgIpc) is 2.26. The lowest BCUT2D eigenvalue weighted by atomic mass is 10.0. The highest BCUT2D eigenvalue weighted by Gasteiger charge is 2.16. The zero-order valence-electron chi connectivity index (χ0n) is 9.00. The number of methoxy groups -OCH3 is 1. The van der Waals surface area contributed by atoms with Gasteiger partial charge in [-0.1, -0.05) is 17.7 Å². The van der Waals surface area contributed by atoms with E-state index >= 15 is 0 Å². The maximum Gasteiger partial charge on any atom is 0.227 e. The average molecular weight is 228 g/mol. The minimum absolute atomic E-state index is 0.0536. The van der Waals surface area contributed by atoms with Crippen LogP contribution in [0.1, 0.15) is 18.4 Å². The first kappa shape index (κ1) is 11.9. The molecule has 0 aliphatic carbocycles. The summed E-state index contributed by atoms with van der Waals surface area (Å²) in [5.74, 6) is 0.378. The van der Waals surface area contributed by atoms with Gasteiger partial charge in [0.15, 0.2) is 0 Å². The molecule has 0 saturated heterocycles. The van der Waals surface area contributed by atoms with Gasteiger partial charge in [-0.25, -0.2) is 0 Å². The van der Waals surface area contributed by atoms with E-state index in [0.717, 1.165) is 5.56 Å². The monoisotopic (exact) mass is 227 g/mol. The van der Waals surface area contributed by atoms with Crippen molar-refractivity contribution in [3.05, 3.63) is 28.8 Å². The highest BCUT2D eigenvalue weighted by atomic mass is 35.5. The van der Waals surface area contributed by atoms with E-state index in [1.54, 1.807) is 32.4 Å². The standard InChI is InChI=1S/C11H14ClNO2/c1-7(11(14)13-2)9-5-4-8(15-3)6-10(9)12/h4-7H,1-3H3,(H,13,14). The molecule has 0 aliphatic heterocycles. The summed E-state index contributed by atoms with van der Waals surface area (Å²) in [6.07, 6.45) is 0. The van der Waals surface area contributed by atoms with Gasteiger partial charge in [-0.3, -0.25) is 4.79 Å². The lowest BCUT2D eigenvalue weighted by Gasteiger charge is -2.12. The van der Waals surface area contributed by atoms with Crippen LogP contribution in [0.2, 0.25) is 5.02 Å². The van der Waals surface area contributed by atoms with Gasteiger partial charge in [-0.05, 0) is 24.6 Å². The first-order chi connectivity index (χ1) is 7.10. The van der Waals surface area contributed by atoms with E-state index in [-0.39, 0.29) is 11.8 Å². The summed E-state index contributed by atoms with van der Waals surface area (Å²) in [5.41, 5.74) is 0.803. The van der Waals surface area contributed by atoms with E-state index in [0.29, 0.717) is 10.8 Å². The fourth-order valence-corrected chi connectivity index (χ4v) is 1.68. The SMILES string of the molecule is CNC(=O)C(C)c1ccc(OC)cc1Cl. The van der Waals surface area contributed by atoms with Crippen LogP contribution < -0.4 is 10.1 Å². The predicted molar refractivity (Wildman–Crippen MR) is 60.5 cm³/mol. The molecule has 4 heteroatoms. The van der Waals surface area contributed by atoms with Gasteiger partial charge in [-0.15, -0.1) is 0 Å². The molecule has 0 bridgehead atoms. The molecule has 1 rings (SSSR count). The van der Waals surface area contributed by atoms with Crippen LogP contribution in [0.15, 0.2) is 18.2 Å². The van der Waals surface area contributed by atoms with Crippen molar-refractivity contribution in [2.24, 2.45) is 0 Å². The minimum atomic E-state index is -0.256. The number of amides is 1. The number of nitrogens with one attached hydrogen (secondary N) is 1. The Balaban J connectivity index is 3.00. The van der Waals surface area contributed by atoms with Gasteiger partial charge < -0.3 is 10.1 Å². The number of benzene rings is 1. The largest absolute Gasteiger partial charge is 0.497 e. The number of hydrogen-bond acceptors (Lipinski definition) is 2. The molecule has 1 atom stereocenters. The van der Waals surface area contributed by atoms with Crippen molar-refractivity contribution >= 4 is 17.5 Å². The molecule has 15 heavy (non-hydrogen) atoms. The maximum absolute atomic E-state index is 11.4. The zero-order valence-corrected chi connectivity index (χ0v) is 9.76. The first-order valence-electron chi connectivity index (χ1n) is 4.65. The number of likely N-dealkylation sites (N-methyl/N-ethyl adjacent to an activating group) is 1. The highest BCUT2D eigenvalue weighted by molar-refractivity contribution is 6.31. The smallest absolute Gasteiger partial charge is 0.227 e. The summed E-state index contributed by atoms with van der Waals surface area (Å²) in [4.78, 5) is 11.4. The van der Waals surface area contributed by atoms with E-state index in [1.807, 2.05) is 6.92 Å². The van der Waals surface area contributed by atoms with Gasteiger partial charge >= 0.3 is 0 Å². The van der Waals surface area contributed by atoms with Gasteiger partial charge in [0.1, 0.15) is 5.75 Å². The van der Waals surface area contributed by atoms with Gasteiger partial charge in [0, 0.05) is 12.1 Å². The van der Waals surface area contributed by atoms with E-state index in [4.69, 9.17) is 16.3 Å². The third-order valence-corrected chi connectivity index (χ3v) is 2.64. The van der Waals surface area contributed by atoms with Crippen molar-refractivity contribution in [1.29, 1.82) is 0 Å². The summed E-state index contributed by atoms with van der Waals surface area (Å²) in [6.45, 7) is 1.81. The molecule has 1 aromatic carbocycles. The fraction of sp³-hybridized carbons (Fsp3) is 0.364. The van der Waals surface area contributed by atoms with Crippen LogP contribution >= 0.6 is 11.6 Å². The molecule has 0 fully saturated rings. The fourth-order valence-electron chi connectivity index (χ4n) is 1.34. The van der Waals surface area contributed by atoms with E-state index < -0.39 is 0 Å². The molecule has 0 aliphatic rings. The van der Waals surface area contributed by atoms with Crippen molar-refractivity contribution < 1.29 is 9.53 Å². The van der Waals surface area contributed by atoms with Crippen molar-refractivity contribution in [2.75, 3.05) is 14.2 Å². The lowest BCUT2D eigenvalue weighted by molar-refractivity contribution is -0.121. The highest BCUT2D eigenvalue weighted by Crippen LogP contribution is 2.28. The summed E-state index contributed by atoms with van der Waals surface area (Å²) >= 11 is 6.04. The van der Waals surface area contributed by atoms with Crippen molar-refractivity contribution in [2.45, 2.75) is 12.8 Å². The third kappa shape index (κ3) is 2.63. The Morgan fingerprint density at radius 1 is 1.53 bits per heavy atom. The second kappa shape index (κ2) is 5.03. The summed E-state index contributed by atoms with van der Waals surface area (Å²) in [5, 5.41) is 3.14. The second-order valence-electron chi connectivity index (χ2n) is 3.22. The second-order valence-corrected chi connectivity index (χ2v) is 3.63. The van der Waals surface area contributed by atoms with Crippen LogP contribution in [0, 0.1) is 0 Å². The summed E-state index contributed by atoms with van der Waals surface area (Å²) < 4.78 is 5.03. The first-order valence-corrected chi connectivity index (χ1v) is 5.03. The number of hydrogen-bond donors (Lipinski definition) is 1. The number of rotatable bonds is 3. The van der Waals surface area contributed by atoms with Gasteiger partial charge in [0.2, 0.25) is 5.91 Å². The molecular formula is C11H14ClNO2. The Morgan fingerprint density at radius 3 is 2.67 bits per heavy atom. The molecule has 0 spiro atoms. The van der Waals surface area contributed by atoms with Gasteiger partial charge in [0.25, 0.3) is 0 Å². The van der Waals surface area contributed by atoms with E-state index in [1.165, 1.54) is 0 Å². The normalized spacial score (nSPS) is 12.0. The Morgan fingerprint density at radius 2 is 2.20 bits per heavy atom. The molecule has 0 saturated carbocycles. The maximum atomic E-state index is 11.4. The van der Waals surface area contributed by atoms with Crippen molar-refractivity contribution in [3.63, 3.8) is 0 Å².